The summed E-state index contributed by atoms with van der Waals surface area (Å²) in [7, 11) is 3.49. The van der Waals surface area contributed by atoms with Crippen molar-refractivity contribution in [1.82, 2.24) is 9.88 Å². The first-order valence-corrected chi connectivity index (χ1v) is 7.87. The predicted octanol–water partition coefficient (Wildman–Crippen LogP) is 2.56. The van der Waals surface area contributed by atoms with Gasteiger partial charge in [-0.1, -0.05) is 12.1 Å². The summed E-state index contributed by atoms with van der Waals surface area (Å²) in [6.45, 7) is -0.0722. The molecule has 0 saturated heterocycles. The number of anilines is 1. The first-order valence-electron chi connectivity index (χ1n) is 7.87. The van der Waals surface area contributed by atoms with Crippen LogP contribution in [0.15, 0.2) is 54.7 Å². The van der Waals surface area contributed by atoms with Crippen LogP contribution in [0.5, 0.6) is 5.75 Å². The number of carbonyl (C=O) groups excluding carboxylic acids is 2. The van der Waals surface area contributed by atoms with Crippen LogP contribution in [0, 0.1) is 0 Å². The smallest absolute Gasteiger partial charge is 0.257 e. The number of fused-ring (bicyclic) bond motifs is 1. The van der Waals surface area contributed by atoms with E-state index in [1.54, 1.807) is 37.4 Å². The first kappa shape index (κ1) is 16.6. The molecule has 0 unspecified atom stereocenters. The van der Waals surface area contributed by atoms with Crippen LogP contribution >= 0.6 is 0 Å². The molecular weight excluding hydrogens is 318 g/mol. The summed E-state index contributed by atoms with van der Waals surface area (Å²) >= 11 is 0. The van der Waals surface area contributed by atoms with E-state index in [2.05, 4.69) is 10.6 Å². The molecule has 0 bridgehead atoms. The highest BCUT2D eigenvalue weighted by Gasteiger charge is 2.12. The highest BCUT2D eigenvalue weighted by atomic mass is 16.5. The molecule has 0 aliphatic heterocycles. The fourth-order valence-corrected chi connectivity index (χ4v) is 2.58. The maximum absolute atomic E-state index is 12.6. The number of carbonyl (C=O) groups is 2. The van der Waals surface area contributed by atoms with Crippen molar-refractivity contribution in [2.75, 3.05) is 19.0 Å². The molecule has 1 heterocycles. The van der Waals surface area contributed by atoms with Gasteiger partial charge < -0.3 is 19.9 Å². The van der Waals surface area contributed by atoms with Crippen molar-refractivity contribution in [3.63, 3.8) is 0 Å². The summed E-state index contributed by atoms with van der Waals surface area (Å²) in [6.07, 6.45) is 1.93. The molecule has 2 aromatic carbocycles. The quantitative estimate of drug-likeness (QED) is 0.751. The van der Waals surface area contributed by atoms with Crippen LogP contribution in [0.25, 0.3) is 10.9 Å². The van der Waals surface area contributed by atoms with Crippen molar-refractivity contribution in [2.45, 2.75) is 0 Å². The average molecular weight is 337 g/mol. The zero-order valence-corrected chi connectivity index (χ0v) is 14.1. The molecule has 2 N–H and O–H groups in total. The van der Waals surface area contributed by atoms with Gasteiger partial charge in [0.15, 0.2) is 6.61 Å². The molecule has 0 aliphatic carbocycles. The van der Waals surface area contributed by atoms with Crippen LogP contribution in [0.1, 0.15) is 10.4 Å². The molecule has 25 heavy (non-hydrogen) atoms. The van der Waals surface area contributed by atoms with E-state index in [9.17, 15) is 9.59 Å². The van der Waals surface area contributed by atoms with Gasteiger partial charge in [-0.3, -0.25) is 9.59 Å². The zero-order chi connectivity index (χ0) is 17.8. The van der Waals surface area contributed by atoms with Crippen LogP contribution < -0.4 is 15.4 Å². The molecule has 6 heteroatoms. The van der Waals surface area contributed by atoms with Gasteiger partial charge in [-0.15, -0.1) is 0 Å². The number of nitrogens with zero attached hydrogens (tertiary/aromatic N) is 1. The van der Waals surface area contributed by atoms with E-state index >= 15 is 0 Å². The van der Waals surface area contributed by atoms with Crippen LogP contribution in [0.4, 0.5) is 5.69 Å². The molecule has 0 saturated carbocycles. The summed E-state index contributed by atoms with van der Waals surface area (Å²) in [6, 6.07) is 14.5. The Balaban J connectivity index is 1.77. The van der Waals surface area contributed by atoms with Gasteiger partial charge in [-0.25, -0.2) is 0 Å². The molecular formula is C19H19N3O3. The molecule has 1 aromatic heterocycles. The van der Waals surface area contributed by atoms with E-state index in [4.69, 9.17) is 4.74 Å². The third-order valence-corrected chi connectivity index (χ3v) is 3.91. The van der Waals surface area contributed by atoms with E-state index in [1.807, 2.05) is 36.0 Å². The minimum Gasteiger partial charge on any atom is -0.484 e. The molecule has 3 aromatic rings. The standard InChI is InChI=1S/C19H19N3O3/c1-20-18(23)12-25-14-6-3-5-13(11-14)21-19(24)16-7-4-8-17-15(16)9-10-22(17)2/h3-11H,12H2,1-2H3,(H,20,23)(H,21,24). The van der Waals surface area contributed by atoms with Crippen molar-refractivity contribution in [1.29, 1.82) is 0 Å². The van der Waals surface area contributed by atoms with E-state index in [1.165, 1.54) is 0 Å². The van der Waals surface area contributed by atoms with Gasteiger partial charge in [0.2, 0.25) is 0 Å². The lowest BCUT2D eigenvalue weighted by molar-refractivity contribution is -0.122. The molecule has 0 aliphatic rings. The number of aryl methyl sites for hydroxylation is 1. The maximum atomic E-state index is 12.6. The second-order valence-corrected chi connectivity index (χ2v) is 5.61. The number of benzene rings is 2. The number of ether oxygens (including phenoxy) is 1. The van der Waals surface area contributed by atoms with Crippen molar-refractivity contribution in [3.8, 4) is 5.75 Å². The highest BCUT2D eigenvalue weighted by Crippen LogP contribution is 2.22. The Morgan fingerprint density at radius 2 is 1.92 bits per heavy atom. The SMILES string of the molecule is CNC(=O)COc1cccc(NC(=O)c2cccc3c2ccn3C)c1. The van der Waals surface area contributed by atoms with E-state index in [0.29, 0.717) is 17.0 Å². The number of nitrogens with one attached hydrogen (secondary N) is 2. The first-order chi connectivity index (χ1) is 12.1. The Hall–Kier alpha value is -3.28. The molecule has 2 amide bonds. The summed E-state index contributed by atoms with van der Waals surface area (Å²) in [4.78, 5) is 23.9. The minimum atomic E-state index is -0.217. The third-order valence-electron chi connectivity index (χ3n) is 3.91. The van der Waals surface area contributed by atoms with Crippen LogP contribution in [0.2, 0.25) is 0 Å². The van der Waals surface area contributed by atoms with Crippen molar-refractivity contribution in [3.05, 3.63) is 60.3 Å². The zero-order valence-electron chi connectivity index (χ0n) is 14.1. The monoisotopic (exact) mass is 337 g/mol. The van der Waals surface area contributed by atoms with Crippen molar-refractivity contribution < 1.29 is 14.3 Å². The third kappa shape index (κ3) is 3.63. The van der Waals surface area contributed by atoms with Crippen molar-refractivity contribution in [2.24, 2.45) is 7.05 Å². The number of hydrogen-bond acceptors (Lipinski definition) is 3. The number of rotatable bonds is 5. The molecule has 0 spiro atoms. The second kappa shape index (κ2) is 7.09. The summed E-state index contributed by atoms with van der Waals surface area (Å²) in [5.41, 5.74) is 2.21. The van der Waals surface area contributed by atoms with Crippen LogP contribution in [0.3, 0.4) is 0 Å². The lowest BCUT2D eigenvalue weighted by atomic mass is 10.1. The van der Waals surface area contributed by atoms with Gasteiger partial charge in [0.1, 0.15) is 5.75 Å². The predicted molar refractivity (Wildman–Crippen MR) is 96.9 cm³/mol. The Bertz CT molecular complexity index is 931. The fraction of sp³-hybridized carbons (Fsp3) is 0.158. The van der Waals surface area contributed by atoms with Crippen LogP contribution in [-0.2, 0) is 11.8 Å². The molecule has 0 radical (unpaired) electrons. The van der Waals surface area contributed by atoms with Gasteiger partial charge in [0.25, 0.3) is 11.8 Å². The molecule has 0 fully saturated rings. The van der Waals surface area contributed by atoms with Gasteiger partial charge in [0.05, 0.1) is 0 Å². The van der Waals surface area contributed by atoms with Crippen molar-refractivity contribution >= 4 is 28.4 Å². The molecule has 128 valence electrons. The van der Waals surface area contributed by atoms with Gasteiger partial charge >= 0.3 is 0 Å². The highest BCUT2D eigenvalue weighted by molar-refractivity contribution is 6.12. The normalized spacial score (nSPS) is 10.5. The molecule has 0 atom stereocenters. The topological polar surface area (TPSA) is 72.4 Å². The van der Waals surface area contributed by atoms with E-state index in [0.717, 1.165) is 10.9 Å². The van der Waals surface area contributed by atoms with E-state index in [-0.39, 0.29) is 18.4 Å². The summed E-state index contributed by atoms with van der Waals surface area (Å²) in [5, 5.41) is 6.26. The lowest BCUT2D eigenvalue weighted by Gasteiger charge is -2.09. The minimum absolute atomic E-state index is 0.0722. The average Bonchev–Trinajstić information content (AvgIpc) is 3.01. The Morgan fingerprint density at radius 1 is 1.12 bits per heavy atom. The molecule has 3 rings (SSSR count). The van der Waals surface area contributed by atoms with Gasteiger partial charge in [0, 0.05) is 48.5 Å². The number of amides is 2. The Kier molecular flexibility index (Phi) is 4.70. The Morgan fingerprint density at radius 3 is 2.72 bits per heavy atom. The van der Waals surface area contributed by atoms with Gasteiger partial charge in [-0.2, -0.15) is 0 Å². The fourth-order valence-electron chi connectivity index (χ4n) is 2.58. The number of aromatic nitrogens is 1. The van der Waals surface area contributed by atoms with E-state index < -0.39 is 0 Å². The number of likely N-dealkylation sites (N-methyl/N-ethyl adjacent to an activating group) is 1. The lowest BCUT2D eigenvalue weighted by Crippen LogP contribution is -2.24. The second-order valence-electron chi connectivity index (χ2n) is 5.61. The Labute approximate surface area is 145 Å². The summed E-state index contributed by atoms with van der Waals surface area (Å²) < 4.78 is 7.37. The van der Waals surface area contributed by atoms with Gasteiger partial charge in [-0.05, 0) is 30.3 Å². The largest absolute Gasteiger partial charge is 0.484 e. The maximum Gasteiger partial charge on any atom is 0.257 e. The number of hydrogen-bond donors (Lipinski definition) is 2. The van der Waals surface area contributed by atoms with Crippen LogP contribution in [-0.4, -0.2) is 30.0 Å². The summed E-state index contributed by atoms with van der Waals surface area (Å²) in [5.74, 6) is 0.102. The molecule has 6 nitrogen and oxygen atoms in total.